The zero-order valence-corrected chi connectivity index (χ0v) is 16.1. The molecule has 1 heterocycles. The van der Waals surface area contributed by atoms with Crippen LogP contribution in [0.25, 0.3) is 0 Å². The van der Waals surface area contributed by atoms with Crippen LogP contribution >= 0.6 is 0 Å². The van der Waals surface area contributed by atoms with Crippen LogP contribution in [-0.2, 0) is 4.79 Å². The molecule has 1 aromatic carbocycles. The fourth-order valence-corrected chi connectivity index (χ4v) is 2.92. The molecule has 6 heteroatoms. The van der Waals surface area contributed by atoms with E-state index in [1.165, 1.54) is 0 Å². The predicted octanol–water partition coefficient (Wildman–Crippen LogP) is 2.23. The lowest BCUT2D eigenvalue weighted by atomic mass is 10.0. The lowest BCUT2D eigenvalue weighted by Gasteiger charge is -2.31. The molecule has 1 fully saturated rings. The van der Waals surface area contributed by atoms with Crippen LogP contribution in [0, 0.1) is 18.3 Å². The van der Waals surface area contributed by atoms with Crippen LogP contribution in [0.3, 0.4) is 0 Å². The van der Waals surface area contributed by atoms with Crippen LogP contribution in [0.2, 0.25) is 0 Å². The van der Waals surface area contributed by atoms with Gasteiger partial charge in [-0.25, -0.2) is 0 Å². The average Bonchev–Trinajstić information content (AvgIpc) is 2.62. The van der Waals surface area contributed by atoms with Gasteiger partial charge in [0.25, 0.3) is 5.91 Å². The van der Waals surface area contributed by atoms with E-state index in [4.69, 9.17) is 4.74 Å². The Balaban J connectivity index is 2.10. The van der Waals surface area contributed by atoms with Crippen molar-refractivity contribution in [1.82, 2.24) is 15.1 Å². The smallest absolute Gasteiger partial charge is 0.263 e. The van der Waals surface area contributed by atoms with Crippen molar-refractivity contribution in [2.24, 2.45) is 0 Å². The van der Waals surface area contributed by atoms with Gasteiger partial charge in [0.05, 0.1) is 12.6 Å². The summed E-state index contributed by atoms with van der Waals surface area (Å²) in [6.45, 7) is 9.88. The largest absolute Gasteiger partial charge is 0.494 e. The molecule has 1 atom stereocenters. The summed E-state index contributed by atoms with van der Waals surface area (Å²) in [6, 6.07) is 7.68. The summed E-state index contributed by atoms with van der Waals surface area (Å²) in [5, 5.41) is 12.3. The quantitative estimate of drug-likeness (QED) is 0.625. The highest BCUT2D eigenvalue weighted by molar-refractivity contribution is 5.97. The molecule has 1 unspecified atom stereocenters. The maximum atomic E-state index is 12.6. The van der Waals surface area contributed by atoms with E-state index in [0.717, 1.165) is 43.1 Å². The van der Waals surface area contributed by atoms with Crippen molar-refractivity contribution >= 4 is 5.91 Å². The zero-order valence-electron chi connectivity index (χ0n) is 16.1. The molecule has 1 aromatic rings. The number of hydrogen-bond donors (Lipinski definition) is 1. The summed E-state index contributed by atoms with van der Waals surface area (Å²) < 4.78 is 5.67. The minimum Gasteiger partial charge on any atom is -0.494 e. The molecule has 0 aromatic heterocycles. The number of benzene rings is 1. The molecule has 0 bridgehead atoms. The number of hydrogen-bond acceptors (Lipinski definition) is 5. The Morgan fingerprint density at radius 1 is 1.38 bits per heavy atom. The highest BCUT2D eigenvalue weighted by Gasteiger charge is 2.19. The average molecular weight is 356 g/mol. The van der Waals surface area contributed by atoms with Crippen molar-refractivity contribution in [2.45, 2.75) is 26.8 Å². The Labute approximate surface area is 156 Å². The molecule has 1 aliphatic heterocycles. The molecule has 1 aliphatic rings. The van der Waals surface area contributed by atoms with Gasteiger partial charge in [0.1, 0.15) is 17.4 Å². The number of rotatable bonds is 6. The molecule has 0 aliphatic carbocycles. The molecule has 140 valence electrons. The van der Waals surface area contributed by atoms with Gasteiger partial charge in [0, 0.05) is 37.9 Å². The lowest BCUT2D eigenvalue weighted by Crippen LogP contribution is -2.42. The van der Waals surface area contributed by atoms with Gasteiger partial charge in [-0.3, -0.25) is 4.79 Å². The number of nitriles is 1. The number of nitrogens with one attached hydrogen (secondary N) is 1. The number of amides is 1. The van der Waals surface area contributed by atoms with Crippen molar-refractivity contribution in [1.29, 1.82) is 5.26 Å². The van der Waals surface area contributed by atoms with Gasteiger partial charge < -0.3 is 19.9 Å². The van der Waals surface area contributed by atoms with Gasteiger partial charge in [0.2, 0.25) is 0 Å². The molecule has 0 saturated carbocycles. The Kier molecular flexibility index (Phi) is 7.05. The first-order chi connectivity index (χ1) is 12.4. The fraction of sp³-hybridized carbons (Fsp3) is 0.500. The van der Waals surface area contributed by atoms with Crippen LogP contribution < -0.4 is 10.1 Å². The number of aryl methyl sites for hydroxylation is 1. The van der Waals surface area contributed by atoms with Crippen molar-refractivity contribution in [3.8, 4) is 11.8 Å². The standard InChI is InChI=1S/C20H28N4O2/c1-5-26-19-7-6-15(2)12-18(19)16(3)22-20(25)17(13-21)14-24-10-8-23(4)9-11-24/h6-7,12,14,16H,5,8-11H2,1-4H3,(H,22,25)/b17-14-. The Hall–Kier alpha value is -2.52. The van der Waals surface area contributed by atoms with E-state index in [9.17, 15) is 10.1 Å². The Bertz CT molecular complexity index is 700. The molecular weight excluding hydrogens is 328 g/mol. The van der Waals surface area contributed by atoms with Gasteiger partial charge in [-0.15, -0.1) is 0 Å². The zero-order chi connectivity index (χ0) is 19.1. The van der Waals surface area contributed by atoms with E-state index in [1.54, 1.807) is 6.20 Å². The molecule has 0 spiro atoms. The minimum absolute atomic E-state index is 0.131. The predicted molar refractivity (Wildman–Crippen MR) is 102 cm³/mol. The summed E-state index contributed by atoms with van der Waals surface area (Å²) in [7, 11) is 2.07. The van der Waals surface area contributed by atoms with Crippen LogP contribution in [0.5, 0.6) is 5.75 Å². The lowest BCUT2D eigenvalue weighted by molar-refractivity contribution is -0.117. The van der Waals surface area contributed by atoms with Crippen LogP contribution in [-0.4, -0.2) is 55.5 Å². The molecule has 1 amide bonds. The molecule has 1 N–H and O–H groups in total. The highest BCUT2D eigenvalue weighted by atomic mass is 16.5. The Morgan fingerprint density at radius 2 is 2.08 bits per heavy atom. The van der Waals surface area contributed by atoms with Crippen LogP contribution in [0.1, 0.15) is 31.0 Å². The number of piperazine rings is 1. The molecule has 26 heavy (non-hydrogen) atoms. The van der Waals surface area contributed by atoms with E-state index in [-0.39, 0.29) is 17.5 Å². The third kappa shape index (κ3) is 5.24. The maximum absolute atomic E-state index is 12.6. The second-order valence-corrected chi connectivity index (χ2v) is 6.66. The maximum Gasteiger partial charge on any atom is 0.263 e. The first-order valence-electron chi connectivity index (χ1n) is 9.03. The molecular formula is C20H28N4O2. The Morgan fingerprint density at radius 3 is 2.69 bits per heavy atom. The number of likely N-dealkylation sites (N-methyl/N-ethyl adjacent to an activating group) is 1. The normalized spacial score (nSPS) is 16.7. The van der Waals surface area contributed by atoms with Crippen LogP contribution in [0.4, 0.5) is 0 Å². The number of carbonyl (C=O) groups is 1. The van der Waals surface area contributed by atoms with Gasteiger partial charge in [-0.2, -0.15) is 5.26 Å². The molecule has 1 saturated heterocycles. The SMILES string of the molecule is CCOc1ccc(C)cc1C(C)NC(=O)/C(C#N)=C\N1CCN(C)CC1. The summed E-state index contributed by atoms with van der Waals surface area (Å²) in [4.78, 5) is 16.8. The van der Waals surface area contributed by atoms with Crippen LogP contribution in [0.15, 0.2) is 30.0 Å². The summed E-state index contributed by atoms with van der Waals surface area (Å²) in [6.07, 6.45) is 1.68. The first kappa shape index (κ1) is 19.8. The summed E-state index contributed by atoms with van der Waals surface area (Å²) >= 11 is 0. The third-order valence-corrected chi connectivity index (χ3v) is 4.49. The van der Waals surface area contributed by atoms with E-state index < -0.39 is 0 Å². The number of ether oxygens (including phenoxy) is 1. The van der Waals surface area contributed by atoms with Crippen molar-refractivity contribution in [2.75, 3.05) is 39.8 Å². The molecule has 0 radical (unpaired) electrons. The van der Waals surface area contributed by atoms with Crippen molar-refractivity contribution in [3.05, 3.63) is 41.1 Å². The molecule has 6 nitrogen and oxygen atoms in total. The van der Waals surface area contributed by atoms with Gasteiger partial charge >= 0.3 is 0 Å². The van der Waals surface area contributed by atoms with E-state index in [2.05, 4.69) is 17.3 Å². The summed E-state index contributed by atoms with van der Waals surface area (Å²) in [5.74, 6) is 0.398. The second-order valence-electron chi connectivity index (χ2n) is 6.66. The van der Waals surface area contributed by atoms with E-state index >= 15 is 0 Å². The first-order valence-corrected chi connectivity index (χ1v) is 9.03. The number of nitrogens with zero attached hydrogens (tertiary/aromatic N) is 3. The third-order valence-electron chi connectivity index (χ3n) is 4.49. The van der Waals surface area contributed by atoms with Crippen molar-refractivity contribution < 1.29 is 9.53 Å². The topological polar surface area (TPSA) is 68.6 Å². The van der Waals surface area contributed by atoms with Gasteiger partial charge in [0.15, 0.2) is 0 Å². The van der Waals surface area contributed by atoms with Gasteiger partial charge in [-0.05, 0) is 33.9 Å². The molecule has 2 rings (SSSR count). The second kappa shape index (κ2) is 9.25. The van der Waals surface area contributed by atoms with E-state index in [1.807, 2.05) is 49.9 Å². The van der Waals surface area contributed by atoms with E-state index in [0.29, 0.717) is 6.61 Å². The summed E-state index contributed by atoms with van der Waals surface area (Å²) in [5.41, 5.74) is 2.14. The minimum atomic E-state index is -0.358. The monoisotopic (exact) mass is 356 g/mol. The highest BCUT2D eigenvalue weighted by Crippen LogP contribution is 2.26. The van der Waals surface area contributed by atoms with Crippen molar-refractivity contribution in [3.63, 3.8) is 0 Å². The number of carbonyl (C=O) groups excluding carboxylic acids is 1. The fourth-order valence-electron chi connectivity index (χ4n) is 2.92. The van der Waals surface area contributed by atoms with Gasteiger partial charge in [-0.1, -0.05) is 17.7 Å².